The van der Waals surface area contributed by atoms with Gasteiger partial charge in [-0.15, -0.1) is 0 Å². The van der Waals surface area contributed by atoms with Crippen molar-refractivity contribution >= 4 is 47.6 Å². The molecule has 1 aliphatic carbocycles. The van der Waals surface area contributed by atoms with Crippen molar-refractivity contribution in [3.05, 3.63) is 0 Å². The number of ether oxygens (including phenoxy) is 10. The summed E-state index contributed by atoms with van der Waals surface area (Å²) in [4.78, 5) is 95.3. The first kappa shape index (κ1) is 53.7. The van der Waals surface area contributed by atoms with Crippen molar-refractivity contribution in [2.75, 3.05) is 65.9 Å². The highest BCUT2D eigenvalue weighted by Gasteiger charge is 2.49. The van der Waals surface area contributed by atoms with Crippen molar-refractivity contribution in [3.63, 3.8) is 0 Å². The Morgan fingerprint density at radius 1 is 0.645 bits per heavy atom. The molecule has 0 aromatic carbocycles. The minimum absolute atomic E-state index is 0.000998. The van der Waals surface area contributed by atoms with Gasteiger partial charge in [0.05, 0.1) is 58.4 Å². The number of esters is 5. The van der Waals surface area contributed by atoms with Crippen LogP contribution in [0.1, 0.15) is 74.7 Å². The summed E-state index contributed by atoms with van der Waals surface area (Å²) in [6.45, 7) is 12.0. The highest BCUT2D eigenvalue weighted by atomic mass is 16.7. The van der Waals surface area contributed by atoms with Gasteiger partial charge in [-0.1, -0.05) is 13.8 Å². The molecular formula is C40H66N4O18. The van der Waals surface area contributed by atoms with Gasteiger partial charge in [-0.25, -0.2) is 0 Å². The summed E-state index contributed by atoms with van der Waals surface area (Å²) in [6.07, 6.45) is -4.19. The van der Waals surface area contributed by atoms with Gasteiger partial charge in [-0.05, 0) is 12.8 Å². The Kier molecular flexibility index (Phi) is 24.5. The molecule has 1 saturated heterocycles. The Bertz CT molecular complexity index is 1480. The van der Waals surface area contributed by atoms with Gasteiger partial charge in [-0.3, -0.25) is 38.4 Å². The quantitative estimate of drug-likeness (QED) is 0.0470. The maximum absolute atomic E-state index is 12.5. The molecule has 2 unspecified atom stereocenters. The van der Waals surface area contributed by atoms with Crippen LogP contribution in [0.2, 0.25) is 0 Å². The molecule has 0 bridgehead atoms. The third-order valence-electron chi connectivity index (χ3n) is 9.92. The second kappa shape index (κ2) is 28.3. The molecule has 3 amide bonds. The first-order chi connectivity index (χ1) is 29.3. The summed E-state index contributed by atoms with van der Waals surface area (Å²) in [5.74, 6) is -5.18. The number of carbonyl (C=O) groups excluding carboxylic acids is 8. The number of nitrogens with one attached hydrogen (secondary N) is 3. The van der Waals surface area contributed by atoms with Crippen LogP contribution in [0.15, 0.2) is 0 Å². The van der Waals surface area contributed by atoms with Crippen molar-refractivity contribution in [2.24, 2.45) is 23.5 Å². The fourth-order valence-electron chi connectivity index (χ4n) is 6.95. The van der Waals surface area contributed by atoms with Crippen LogP contribution in [0.5, 0.6) is 0 Å². The third-order valence-corrected chi connectivity index (χ3v) is 9.92. The van der Waals surface area contributed by atoms with E-state index in [4.69, 9.17) is 53.1 Å². The van der Waals surface area contributed by atoms with Crippen LogP contribution in [0.4, 0.5) is 0 Å². The molecule has 0 spiro atoms. The number of hydrogen-bond acceptors (Lipinski definition) is 19. The predicted octanol–water partition coefficient (Wildman–Crippen LogP) is -0.796. The van der Waals surface area contributed by atoms with E-state index >= 15 is 0 Å². The van der Waals surface area contributed by atoms with Crippen LogP contribution in [-0.2, 0) is 85.7 Å². The SMILES string of the molecule is CC(=O)N[C@H]1C(OCCOCCNC(=O)[C@H](N)CCC(=O)NCCOCCOC2C[C@H](COC(C)=O)[C@H](OC(C)=O)[C@H](OC(C)=O)[C@H]2C)O[C@H](COC(C)=O)[C@H](C)[C@@H]1OC(C)=O. The average Bonchev–Trinajstić information content (AvgIpc) is 3.18. The van der Waals surface area contributed by atoms with E-state index in [1.165, 1.54) is 41.5 Å². The van der Waals surface area contributed by atoms with E-state index in [1.54, 1.807) is 6.92 Å². The molecule has 354 valence electrons. The molecule has 0 aromatic heterocycles. The van der Waals surface area contributed by atoms with Crippen molar-refractivity contribution < 1.29 is 85.7 Å². The van der Waals surface area contributed by atoms with Gasteiger partial charge in [0.2, 0.25) is 17.7 Å². The monoisotopic (exact) mass is 890 g/mol. The zero-order chi connectivity index (χ0) is 46.4. The van der Waals surface area contributed by atoms with Crippen LogP contribution < -0.4 is 21.7 Å². The van der Waals surface area contributed by atoms with Crippen LogP contribution in [0.3, 0.4) is 0 Å². The Labute approximate surface area is 361 Å². The molecule has 2 fully saturated rings. The minimum atomic E-state index is -1.06. The van der Waals surface area contributed by atoms with E-state index in [1.807, 2.05) is 6.92 Å². The number of amides is 3. The Hall–Kier alpha value is -4.48. The number of carbonyl (C=O) groups is 8. The predicted molar refractivity (Wildman–Crippen MR) is 213 cm³/mol. The molecule has 22 heteroatoms. The average molecular weight is 891 g/mol. The van der Waals surface area contributed by atoms with Crippen LogP contribution in [0.25, 0.3) is 0 Å². The molecule has 62 heavy (non-hydrogen) atoms. The van der Waals surface area contributed by atoms with Crippen LogP contribution >= 0.6 is 0 Å². The summed E-state index contributed by atoms with van der Waals surface area (Å²) in [5, 5.41) is 8.06. The summed E-state index contributed by atoms with van der Waals surface area (Å²) in [7, 11) is 0. The molecule has 1 saturated carbocycles. The maximum atomic E-state index is 12.5. The van der Waals surface area contributed by atoms with Gasteiger partial charge >= 0.3 is 29.8 Å². The van der Waals surface area contributed by atoms with Crippen molar-refractivity contribution in [3.8, 4) is 0 Å². The Balaban J connectivity index is 1.66. The standard InChI is InChI=1S/C40H66N4O18/c1-22-32(19-30(20-57-25(4)46)38(61-29(8)50)37(22)60-28(7)49)55-17-15-53-13-11-42-34(51)10-9-31(41)39(52)43-12-14-54-16-18-56-40-35(44-24(3)45)36(59-27(6)48)23(2)33(62-40)21-58-26(5)47/h22-23,30-33,35-38,40H,9-21,41H2,1-8H3,(H,42,51)(H,43,52)(H,44,45)/t22-,23-,30+,31+,32?,33+,35+,36-,37+,38-,40?/m0/s1. The fourth-order valence-corrected chi connectivity index (χ4v) is 6.95. The first-order valence-electron chi connectivity index (χ1n) is 20.7. The number of hydrogen-bond donors (Lipinski definition) is 4. The van der Waals surface area contributed by atoms with Crippen molar-refractivity contribution in [2.45, 2.75) is 124 Å². The lowest BCUT2D eigenvalue weighted by molar-refractivity contribution is -0.261. The zero-order valence-corrected chi connectivity index (χ0v) is 37.0. The molecule has 0 aromatic rings. The van der Waals surface area contributed by atoms with Crippen LogP contribution in [-0.4, -0.2) is 162 Å². The normalized spacial score (nSPS) is 26.2. The minimum Gasteiger partial charge on any atom is -0.465 e. The molecule has 11 atom stereocenters. The smallest absolute Gasteiger partial charge is 0.303 e. The van der Waals surface area contributed by atoms with E-state index in [2.05, 4.69) is 16.0 Å². The van der Waals surface area contributed by atoms with Crippen LogP contribution in [0, 0.1) is 17.8 Å². The van der Waals surface area contributed by atoms with E-state index in [9.17, 15) is 38.4 Å². The zero-order valence-electron chi connectivity index (χ0n) is 37.0. The summed E-state index contributed by atoms with van der Waals surface area (Å²) in [5.41, 5.74) is 5.98. The summed E-state index contributed by atoms with van der Waals surface area (Å²) in [6, 6.07) is -1.80. The molecule has 1 heterocycles. The third kappa shape index (κ3) is 20.1. The molecule has 0 radical (unpaired) electrons. The maximum Gasteiger partial charge on any atom is 0.303 e. The van der Waals surface area contributed by atoms with Gasteiger partial charge in [0, 0.05) is 78.8 Å². The lowest BCUT2D eigenvalue weighted by Gasteiger charge is -2.44. The highest BCUT2D eigenvalue weighted by molar-refractivity contribution is 5.83. The van der Waals surface area contributed by atoms with Gasteiger partial charge in [-0.2, -0.15) is 0 Å². The van der Waals surface area contributed by atoms with E-state index in [-0.39, 0.29) is 90.6 Å². The highest BCUT2D eigenvalue weighted by Crippen LogP contribution is 2.36. The molecule has 2 rings (SSSR count). The van der Waals surface area contributed by atoms with Gasteiger partial charge < -0.3 is 69.1 Å². The van der Waals surface area contributed by atoms with E-state index < -0.39 is 102 Å². The van der Waals surface area contributed by atoms with E-state index in [0.717, 1.165) is 0 Å². The second-order valence-corrected chi connectivity index (χ2v) is 15.1. The van der Waals surface area contributed by atoms with Gasteiger partial charge in [0.25, 0.3) is 0 Å². The summed E-state index contributed by atoms with van der Waals surface area (Å²) >= 11 is 0. The van der Waals surface area contributed by atoms with Gasteiger partial charge in [0.1, 0.15) is 37.1 Å². The van der Waals surface area contributed by atoms with Crippen molar-refractivity contribution in [1.29, 1.82) is 0 Å². The van der Waals surface area contributed by atoms with Gasteiger partial charge in [0.15, 0.2) is 6.29 Å². The molecular weight excluding hydrogens is 824 g/mol. The molecule has 2 aliphatic rings. The number of rotatable bonds is 26. The molecule has 22 nitrogen and oxygen atoms in total. The second-order valence-electron chi connectivity index (χ2n) is 15.1. The first-order valence-corrected chi connectivity index (χ1v) is 20.7. The summed E-state index contributed by atoms with van der Waals surface area (Å²) < 4.78 is 55.8. The van der Waals surface area contributed by atoms with E-state index in [0.29, 0.717) is 6.42 Å². The van der Waals surface area contributed by atoms with Crippen molar-refractivity contribution in [1.82, 2.24) is 16.0 Å². The number of nitrogens with two attached hydrogens (primary N) is 1. The lowest BCUT2D eigenvalue weighted by Crippen LogP contribution is -2.63. The Morgan fingerprint density at radius 2 is 1.19 bits per heavy atom. The lowest BCUT2D eigenvalue weighted by atomic mass is 9.76. The largest absolute Gasteiger partial charge is 0.465 e. The molecule has 5 N–H and O–H groups in total. The Morgan fingerprint density at radius 3 is 1.77 bits per heavy atom. The molecule has 1 aliphatic heterocycles. The topological polar surface area (TPSA) is 291 Å². The fraction of sp³-hybridized carbons (Fsp3) is 0.800.